The summed E-state index contributed by atoms with van der Waals surface area (Å²) in [5.41, 5.74) is 2.31. The van der Waals surface area contributed by atoms with Gasteiger partial charge in [0.25, 0.3) is 0 Å². The minimum Gasteiger partial charge on any atom is -0.381 e. The molecule has 3 nitrogen and oxygen atoms in total. The van der Waals surface area contributed by atoms with Crippen molar-refractivity contribution in [3.05, 3.63) is 29.8 Å². The molecule has 0 unspecified atom stereocenters. The maximum atomic E-state index is 5.48. The Kier molecular flexibility index (Phi) is 5.80. The molecule has 1 heterocycles. The first-order valence-corrected chi connectivity index (χ1v) is 7.73. The normalized spacial score (nSPS) is 15.9. The van der Waals surface area contributed by atoms with Crippen LogP contribution in [0.2, 0.25) is 0 Å². The zero-order chi connectivity index (χ0) is 14.4. The number of aryl methyl sites for hydroxylation is 1. The predicted octanol–water partition coefficient (Wildman–Crippen LogP) is 3.44. The molecule has 110 valence electrons. The molecule has 0 radical (unpaired) electrons. The van der Waals surface area contributed by atoms with E-state index in [0.29, 0.717) is 0 Å². The van der Waals surface area contributed by atoms with E-state index in [9.17, 15) is 0 Å². The van der Waals surface area contributed by atoms with Gasteiger partial charge < -0.3 is 15.0 Å². The number of nitrogens with one attached hydrogen (secondary N) is 1. The molecular weight excluding hydrogens is 268 g/mol. The number of hydrogen-bond acceptors (Lipinski definition) is 2. The minimum absolute atomic E-state index is 0.785. The highest BCUT2D eigenvalue weighted by Gasteiger charge is 2.15. The fourth-order valence-electron chi connectivity index (χ4n) is 2.44. The van der Waals surface area contributed by atoms with E-state index >= 15 is 0 Å². The summed E-state index contributed by atoms with van der Waals surface area (Å²) in [5.74, 6) is 0.785. The third kappa shape index (κ3) is 4.46. The van der Waals surface area contributed by atoms with Crippen LogP contribution in [0.1, 0.15) is 24.8 Å². The molecule has 1 aliphatic rings. The van der Waals surface area contributed by atoms with Crippen molar-refractivity contribution in [2.45, 2.75) is 26.2 Å². The van der Waals surface area contributed by atoms with Gasteiger partial charge in [0.1, 0.15) is 0 Å². The van der Waals surface area contributed by atoms with Gasteiger partial charge in [0.05, 0.1) is 0 Å². The van der Waals surface area contributed by atoms with Crippen LogP contribution in [-0.2, 0) is 4.74 Å². The Morgan fingerprint density at radius 1 is 1.35 bits per heavy atom. The summed E-state index contributed by atoms with van der Waals surface area (Å²) in [7, 11) is 2.06. The number of ether oxygens (including phenoxy) is 1. The largest absolute Gasteiger partial charge is 0.381 e. The Labute approximate surface area is 127 Å². The standard InChI is InChI=1S/C16H24N2OS/c1-13-5-3-4-6-15(13)17-16(20)18(2)10-7-14-8-11-19-12-9-14/h3-6,14H,7-12H2,1-2H3,(H,17,20). The van der Waals surface area contributed by atoms with Gasteiger partial charge in [-0.05, 0) is 56.0 Å². The molecule has 0 aromatic heterocycles. The van der Waals surface area contributed by atoms with Crippen molar-refractivity contribution in [3.63, 3.8) is 0 Å². The van der Waals surface area contributed by atoms with Gasteiger partial charge in [-0.15, -0.1) is 0 Å². The Bertz CT molecular complexity index is 444. The molecule has 0 bridgehead atoms. The first kappa shape index (κ1) is 15.3. The van der Waals surface area contributed by atoms with Crippen LogP contribution < -0.4 is 5.32 Å². The summed E-state index contributed by atoms with van der Waals surface area (Å²) in [6.07, 6.45) is 3.56. The summed E-state index contributed by atoms with van der Waals surface area (Å²) in [5, 5.41) is 4.13. The van der Waals surface area contributed by atoms with Gasteiger partial charge in [0.15, 0.2) is 5.11 Å². The summed E-state index contributed by atoms with van der Waals surface area (Å²) in [6.45, 7) is 4.93. The smallest absolute Gasteiger partial charge is 0.173 e. The van der Waals surface area contributed by atoms with Crippen LogP contribution in [0.25, 0.3) is 0 Å². The van der Waals surface area contributed by atoms with Crippen molar-refractivity contribution in [2.24, 2.45) is 5.92 Å². The average molecular weight is 292 g/mol. The number of rotatable bonds is 4. The second-order valence-corrected chi connectivity index (χ2v) is 5.90. The highest BCUT2D eigenvalue weighted by Crippen LogP contribution is 2.19. The van der Waals surface area contributed by atoms with Crippen molar-refractivity contribution in [3.8, 4) is 0 Å². The van der Waals surface area contributed by atoms with Gasteiger partial charge in [-0.1, -0.05) is 18.2 Å². The van der Waals surface area contributed by atoms with Gasteiger partial charge in [-0.25, -0.2) is 0 Å². The second-order valence-electron chi connectivity index (χ2n) is 5.51. The lowest BCUT2D eigenvalue weighted by Crippen LogP contribution is -2.33. The van der Waals surface area contributed by atoms with Gasteiger partial charge in [-0.3, -0.25) is 0 Å². The Balaban J connectivity index is 1.78. The van der Waals surface area contributed by atoms with Crippen molar-refractivity contribution >= 4 is 23.0 Å². The molecule has 4 heteroatoms. The zero-order valence-corrected chi connectivity index (χ0v) is 13.2. The Morgan fingerprint density at radius 3 is 2.75 bits per heavy atom. The van der Waals surface area contributed by atoms with Gasteiger partial charge in [0.2, 0.25) is 0 Å². The third-order valence-corrected chi connectivity index (χ3v) is 4.36. The summed E-state index contributed by atoms with van der Waals surface area (Å²) in [4.78, 5) is 2.14. The number of anilines is 1. The molecule has 0 saturated carbocycles. The summed E-state index contributed by atoms with van der Waals surface area (Å²) in [6, 6.07) is 8.22. The van der Waals surface area contributed by atoms with E-state index in [2.05, 4.69) is 36.3 Å². The fraction of sp³-hybridized carbons (Fsp3) is 0.562. The van der Waals surface area contributed by atoms with E-state index < -0.39 is 0 Å². The number of benzene rings is 1. The molecule has 1 aliphatic heterocycles. The Hall–Kier alpha value is -1.13. The van der Waals surface area contributed by atoms with Crippen LogP contribution >= 0.6 is 12.2 Å². The van der Waals surface area contributed by atoms with Crippen LogP contribution in [0.3, 0.4) is 0 Å². The van der Waals surface area contributed by atoms with Crippen molar-refractivity contribution < 1.29 is 4.74 Å². The molecule has 1 aromatic carbocycles. The Morgan fingerprint density at radius 2 is 2.05 bits per heavy atom. The van der Waals surface area contributed by atoms with E-state index in [1.807, 2.05) is 12.1 Å². The van der Waals surface area contributed by atoms with Crippen LogP contribution in [0.5, 0.6) is 0 Å². The van der Waals surface area contributed by atoms with Crippen molar-refractivity contribution in [1.29, 1.82) is 0 Å². The second kappa shape index (κ2) is 7.60. The lowest BCUT2D eigenvalue weighted by Gasteiger charge is -2.26. The predicted molar refractivity (Wildman–Crippen MR) is 88.2 cm³/mol. The molecule has 1 aromatic rings. The zero-order valence-electron chi connectivity index (χ0n) is 12.4. The first-order valence-electron chi connectivity index (χ1n) is 7.32. The topological polar surface area (TPSA) is 24.5 Å². The molecule has 20 heavy (non-hydrogen) atoms. The van der Waals surface area contributed by atoms with E-state index in [1.165, 1.54) is 24.8 Å². The highest BCUT2D eigenvalue weighted by atomic mass is 32.1. The first-order chi connectivity index (χ1) is 9.66. The van der Waals surface area contributed by atoms with Crippen LogP contribution in [0.4, 0.5) is 5.69 Å². The molecule has 1 N–H and O–H groups in total. The number of para-hydroxylation sites is 1. The van der Waals surface area contributed by atoms with E-state index in [0.717, 1.165) is 36.5 Å². The van der Waals surface area contributed by atoms with Crippen LogP contribution in [-0.4, -0.2) is 36.8 Å². The average Bonchev–Trinajstić information content (AvgIpc) is 2.48. The lowest BCUT2D eigenvalue weighted by molar-refractivity contribution is 0.0626. The molecular formula is C16H24N2OS. The molecule has 0 amide bonds. The van der Waals surface area contributed by atoms with Gasteiger partial charge >= 0.3 is 0 Å². The molecule has 0 atom stereocenters. The molecule has 1 fully saturated rings. The monoisotopic (exact) mass is 292 g/mol. The molecule has 0 aliphatic carbocycles. The van der Waals surface area contributed by atoms with E-state index in [1.54, 1.807) is 0 Å². The number of thiocarbonyl (C=S) groups is 1. The van der Waals surface area contributed by atoms with Crippen LogP contribution in [0.15, 0.2) is 24.3 Å². The van der Waals surface area contributed by atoms with Crippen molar-refractivity contribution in [1.82, 2.24) is 4.90 Å². The quantitative estimate of drug-likeness (QED) is 0.859. The highest BCUT2D eigenvalue weighted by molar-refractivity contribution is 7.80. The molecule has 2 rings (SSSR count). The van der Waals surface area contributed by atoms with Gasteiger partial charge in [0, 0.05) is 32.5 Å². The molecule has 0 spiro atoms. The van der Waals surface area contributed by atoms with Crippen molar-refractivity contribution in [2.75, 3.05) is 32.1 Å². The molecule has 1 saturated heterocycles. The van der Waals surface area contributed by atoms with E-state index in [-0.39, 0.29) is 0 Å². The summed E-state index contributed by atoms with van der Waals surface area (Å²) >= 11 is 5.48. The maximum Gasteiger partial charge on any atom is 0.173 e. The SMILES string of the molecule is Cc1ccccc1NC(=S)N(C)CCC1CCOCC1. The maximum absolute atomic E-state index is 5.48. The number of nitrogens with zero attached hydrogens (tertiary/aromatic N) is 1. The number of hydrogen-bond donors (Lipinski definition) is 1. The third-order valence-electron chi connectivity index (χ3n) is 3.95. The van der Waals surface area contributed by atoms with E-state index in [4.69, 9.17) is 17.0 Å². The fourth-order valence-corrected chi connectivity index (χ4v) is 2.64. The van der Waals surface area contributed by atoms with Gasteiger partial charge in [-0.2, -0.15) is 0 Å². The lowest BCUT2D eigenvalue weighted by atomic mass is 9.96. The summed E-state index contributed by atoms with van der Waals surface area (Å²) < 4.78 is 5.39. The van der Waals surface area contributed by atoms with Crippen LogP contribution in [0, 0.1) is 12.8 Å². The minimum atomic E-state index is 0.785.